The summed E-state index contributed by atoms with van der Waals surface area (Å²) in [6.07, 6.45) is 0. The summed E-state index contributed by atoms with van der Waals surface area (Å²) in [4.78, 5) is 4.55. The van der Waals surface area contributed by atoms with Crippen LogP contribution in [0, 0.1) is 5.41 Å². The zero-order chi connectivity index (χ0) is 12.3. The van der Waals surface area contributed by atoms with E-state index in [0.29, 0.717) is 10.0 Å². The van der Waals surface area contributed by atoms with Gasteiger partial charge in [0.2, 0.25) is 0 Å². The molecule has 0 amide bonds. The lowest BCUT2D eigenvalue weighted by Gasteiger charge is -2.15. The molecule has 1 rings (SSSR count). The van der Waals surface area contributed by atoms with E-state index in [-0.39, 0.29) is 5.41 Å². The van der Waals surface area contributed by atoms with Gasteiger partial charge < -0.3 is 0 Å². The van der Waals surface area contributed by atoms with Gasteiger partial charge in [0.15, 0.2) is 0 Å². The van der Waals surface area contributed by atoms with Crippen molar-refractivity contribution >= 4 is 28.9 Å². The molecule has 0 heterocycles. The zero-order valence-corrected chi connectivity index (χ0v) is 11.7. The predicted octanol–water partition coefficient (Wildman–Crippen LogP) is 4.85. The third-order valence-electron chi connectivity index (χ3n) is 2.11. The maximum atomic E-state index is 6.11. The maximum absolute atomic E-state index is 6.11. The molecule has 1 nitrogen and oxygen atoms in total. The summed E-state index contributed by atoms with van der Waals surface area (Å²) in [6, 6.07) is 5.49. The molecule has 1 aromatic rings. The second-order valence-electron chi connectivity index (χ2n) is 5.09. The van der Waals surface area contributed by atoms with Crippen LogP contribution in [-0.4, -0.2) is 12.3 Å². The first kappa shape index (κ1) is 13.5. The summed E-state index contributed by atoms with van der Waals surface area (Å²) in [6.45, 7) is 9.24. The van der Waals surface area contributed by atoms with Gasteiger partial charge in [-0.25, -0.2) is 0 Å². The Labute approximate surface area is 107 Å². The number of hydrogen-bond donors (Lipinski definition) is 0. The molecule has 0 N–H and O–H groups in total. The molecule has 0 radical (unpaired) electrons. The van der Waals surface area contributed by atoms with Crippen LogP contribution in [0.25, 0.3) is 0 Å². The summed E-state index contributed by atoms with van der Waals surface area (Å²) in [7, 11) is 0. The lowest BCUT2D eigenvalue weighted by atomic mass is 9.97. The number of rotatable bonds is 2. The fourth-order valence-corrected chi connectivity index (χ4v) is 1.77. The average Bonchev–Trinajstić information content (AvgIpc) is 2.13. The minimum Gasteiger partial charge on any atom is -0.289 e. The molecule has 0 unspecified atom stereocenters. The van der Waals surface area contributed by atoms with Crippen molar-refractivity contribution in [1.29, 1.82) is 0 Å². The first-order valence-corrected chi connectivity index (χ1v) is 6.02. The Hall–Kier alpha value is -0.530. The standard InChI is InChI=1S/C13H17Cl2N/c1-9(16-8-13(2,3)4)11-6-5-10(14)7-12(11)15/h5-7H,8H2,1-4H3. The van der Waals surface area contributed by atoms with Crippen molar-refractivity contribution in [2.45, 2.75) is 27.7 Å². The van der Waals surface area contributed by atoms with Crippen molar-refractivity contribution in [2.75, 3.05) is 6.54 Å². The van der Waals surface area contributed by atoms with E-state index in [1.165, 1.54) is 0 Å². The van der Waals surface area contributed by atoms with Crippen LogP contribution >= 0.6 is 23.2 Å². The normalized spacial score (nSPS) is 13.0. The molecule has 3 heteroatoms. The fraction of sp³-hybridized carbons (Fsp3) is 0.462. The molecule has 0 aromatic heterocycles. The van der Waals surface area contributed by atoms with Crippen molar-refractivity contribution in [3.8, 4) is 0 Å². The molecular formula is C13H17Cl2N. The van der Waals surface area contributed by atoms with Crippen molar-refractivity contribution in [1.82, 2.24) is 0 Å². The topological polar surface area (TPSA) is 12.4 Å². The molecule has 88 valence electrons. The highest BCUT2D eigenvalue weighted by molar-refractivity contribution is 6.37. The highest BCUT2D eigenvalue weighted by atomic mass is 35.5. The first-order valence-electron chi connectivity index (χ1n) is 5.26. The summed E-state index contributed by atoms with van der Waals surface area (Å²) in [5.41, 5.74) is 2.10. The maximum Gasteiger partial charge on any atom is 0.0511 e. The van der Waals surface area contributed by atoms with Crippen LogP contribution in [0.1, 0.15) is 33.3 Å². The smallest absolute Gasteiger partial charge is 0.0511 e. The summed E-state index contributed by atoms with van der Waals surface area (Å²) in [5, 5.41) is 1.31. The van der Waals surface area contributed by atoms with Gasteiger partial charge in [0.1, 0.15) is 0 Å². The Kier molecular flexibility index (Phi) is 4.40. The minimum atomic E-state index is 0.195. The van der Waals surface area contributed by atoms with Crippen molar-refractivity contribution < 1.29 is 0 Å². The van der Waals surface area contributed by atoms with E-state index >= 15 is 0 Å². The third-order valence-corrected chi connectivity index (χ3v) is 2.66. The number of benzene rings is 1. The molecule has 0 bridgehead atoms. The van der Waals surface area contributed by atoms with Crippen LogP contribution in [0.15, 0.2) is 23.2 Å². The molecule has 16 heavy (non-hydrogen) atoms. The molecule has 0 aliphatic heterocycles. The van der Waals surface area contributed by atoms with E-state index in [0.717, 1.165) is 17.8 Å². The second-order valence-corrected chi connectivity index (χ2v) is 5.93. The van der Waals surface area contributed by atoms with Crippen LogP contribution in [0.4, 0.5) is 0 Å². The van der Waals surface area contributed by atoms with Gasteiger partial charge in [-0.3, -0.25) is 4.99 Å². The fourth-order valence-electron chi connectivity index (χ4n) is 1.22. The third kappa shape index (κ3) is 4.15. The van der Waals surface area contributed by atoms with Gasteiger partial charge in [0, 0.05) is 22.8 Å². The van der Waals surface area contributed by atoms with Gasteiger partial charge in [0.25, 0.3) is 0 Å². The van der Waals surface area contributed by atoms with Crippen molar-refractivity contribution in [3.63, 3.8) is 0 Å². The Balaban J connectivity index is 2.92. The summed E-state index contributed by atoms with van der Waals surface area (Å²) in [5.74, 6) is 0. The number of aliphatic imine (C=N–C) groups is 1. The van der Waals surface area contributed by atoms with Gasteiger partial charge in [-0.2, -0.15) is 0 Å². The van der Waals surface area contributed by atoms with E-state index in [1.807, 2.05) is 19.1 Å². The van der Waals surface area contributed by atoms with Crippen LogP contribution in [0.2, 0.25) is 10.0 Å². The van der Waals surface area contributed by atoms with Crippen LogP contribution in [0.5, 0.6) is 0 Å². The lowest BCUT2D eigenvalue weighted by molar-refractivity contribution is 0.429. The van der Waals surface area contributed by atoms with Crippen LogP contribution < -0.4 is 0 Å². The number of halogens is 2. The predicted molar refractivity (Wildman–Crippen MR) is 73.0 cm³/mol. The van der Waals surface area contributed by atoms with Gasteiger partial charge in [-0.05, 0) is 24.5 Å². The molecular weight excluding hydrogens is 241 g/mol. The number of nitrogens with zero attached hydrogens (tertiary/aromatic N) is 1. The van der Waals surface area contributed by atoms with Crippen molar-refractivity contribution in [3.05, 3.63) is 33.8 Å². The van der Waals surface area contributed by atoms with Gasteiger partial charge in [-0.15, -0.1) is 0 Å². The minimum absolute atomic E-state index is 0.195. The van der Waals surface area contributed by atoms with Crippen LogP contribution in [0.3, 0.4) is 0 Å². The quantitative estimate of drug-likeness (QED) is 0.672. The molecule has 0 saturated heterocycles. The summed E-state index contributed by atoms with van der Waals surface area (Å²) >= 11 is 12.0. The van der Waals surface area contributed by atoms with Crippen molar-refractivity contribution in [2.24, 2.45) is 10.4 Å². The monoisotopic (exact) mass is 257 g/mol. The molecule has 0 aliphatic carbocycles. The molecule has 0 fully saturated rings. The lowest BCUT2D eigenvalue weighted by Crippen LogP contribution is -2.11. The Morgan fingerprint density at radius 3 is 2.38 bits per heavy atom. The van der Waals surface area contributed by atoms with E-state index in [9.17, 15) is 0 Å². The molecule has 0 aliphatic rings. The largest absolute Gasteiger partial charge is 0.289 e. The highest BCUT2D eigenvalue weighted by Gasteiger charge is 2.10. The van der Waals surface area contributed by atoms with E-state index in [1.54, 1.807) is 6.07 Å². The van der Waals surface area contributed by atoms with Gasteiger partial charge >= 0.3 is 0 Å². The summed E-state index contributed by atoms with van der Waals surface area (Å²) < 4.78 is 0. The Morgan fingerprint density at radius 2 is 1.88 bits per heavy atom. The van der Waals surface area contributed by atoms with Gasteiger partial charge in [0.05, 0.1) is 5.02 Å². The first-order chi connectivity index (χ1) is 7.29. The number of hydrogen-bond acceptors (Lipinski definition) is 1. The van der Waals surface area contributed by atoms with E-state index in [2.05, 4.69) is 25.8 Å². The second kappa shape index (κ2) is 5.20. The average molecular weight is 258 g/mol. The van der Waals surface area contributed by atoms with Gasteiger partial charge in [-0.1, -0.05) is 50.0 Å². The molecule has 0 atom stereocenters. The highest BCUT2D eigenvalue weighted by Crippen LogP contribution is 2.22. The molecule has 0 saturated carbocycles. The Bertz CT molecular complexity index is 403. The van der Waals surface area contributed by atoms with E-state index < -0.39 is 0 Å². The van der Waals surface area contributed by atoms with Crippen LogP contribution in [-0.2, 0) is 0 Å². The SMILES string of the molecule is CC(=NCC(C)(C)C)c1ccc(Cl)cc1Cl. The Morgan fingerprint density at radius 1 is 1.25 bits per heavy atom. The zero-order valence-electron chi connectivity index (χ0n) is 10.1. The molecule has 0 spiro atoms. The van der Waals surface area contributed by atoms with E-state index in [4.69, 9.17) is 23.2 Å². The molecule has 1 aromatic carbocycles.